The van der Waals surface area contributed by atoms with Crippen LogP contribution in [0.2, 0.25) is 0 Å². The Hall–Kier alpha value is -2.47. The second-order valence-electron chi connectivity index (χ2n) is 5.40. The molecule has 1 saturated heterocycles. The van der Waals surface area contributed by atoms with E-state index in [-0.39, 0.29) is 0 Å². The molecule has 0 radical (unpaired) electrons. The largest absolute Gasteiger partial charge is 0.378 e. The Bertz CT molecular complexity index is 793. The van der Waals surface area contributed by atoms with Crippen molar-refractivity contribution in [1.82, 2.24) is 19.4 Å². The van der Waals surface area contributed by atoms with Gasteiger partial charge in [0.1, 0.15) is 0 Å². The minimum Gasteiger partial charge on any atom is -0.378 e. The van der Waals surface area contributed by atoms with Crippen LogP contribution in [-0.4, -0.2) is 45.7 Å². The van der Waals surface area contributed by atoms with E-state index in [4.69, 9.17) is 9.72 Å². The lowest BCUT2D eigenvalue weighted by Gasteiger charge is -2.28. The molecule has 0 saturated carbocycles. The van der Waals surface area contributed by atoms with Crippen LogP contribution in [0.5, 0.6) is 0 Å². The normalized spacial score (nSPS) is 15.4. The van der Waals surface area contributed by atoms with Crippen molar-refractivity contribution in [2.75, 3.05) is 31.2 Å². The molecule has 0 unspecified atom stereocenters. The molecule has 1 aliphatic heterocycles. The molecule has 6 nitrogen and oxygen atoms in total. The summed E-state index contributed by atoms with van der Waals surface area (Å²) in [4.78, 5) is 15.8. The highest BCUT2D eigenvalue weighted by Gasteiger charge is 2.18. The van der Waals surface area contributed by atoms with Crippen molar-refractivity contribution in [2.24, 2.45) is 0 Å². The number of anilines is 1. The minimum absolute atomic E-state index is 0.729. The van der Waals surface area contributed by atoms with Crippen LogP contribution in [0.1, 0.15) is 5.69 Å². The summed E-state index contributed by atoms with van der Waals surface area (Å²) in [5, 5.41) is 0. The third kappa shape index (κ3) is 2.31. The van der Waals surface area contributed by atoms with E-state index in [1.807, 2.05) is 31.5 Å². The number of fused-ring (bicyclic) bond motifs is 1. The van der Waals surface area contributed by atoms with E-state index in [1.54, 1.807) is 12.4 Å². The van der Waals surface area contributed by atoms with Crippen molar-refractivity contribution in [2.45, 2.75) is 6.92 Å². The van der Waals surface area contributed by atoms with Crippen LogP contribution in [0.4, 0.5) is 5.82 Å². The van der Waals surface area contributed by atoms with E-state index in [1.165, 1.54) is 0 Å². The quantitative estimate of drug-likeness (QED) is 0.723. The highest BCUT2D eigenvalue weighted by Crippen LogP contribution is 2.25. The highest BCUT2D eigenvalue weighted by molar-refractivity contribution is 5.70. The molecule has 22 heavy (non-hydrogen) atoms. The van der Waals surface area contributed by atoms with Gasteiger partial charge in [0, 0.05) is 43.4 Å². The van der Waals surface area contributed by atoms with Gasteiger partial charge in [-0.3, -0.25) is 4.98 Å². The first-order valence-electron chi connectivity index (χ1n) is 7.41. The predicted octanol–water partition coefficient (Wildman–Crippen LogP) is 1.94. The summed E-state index contributed by atoms with van der Waals surface area (Å²) in [6, 6.07) is 3.95. The molecule has 0 atom stereocenters. The minimum atomic E-state index is 0.729. The third-order valence-corrected chi connectivity index (χ3v) is 3.83. The van der Waals surface area contributed by atoms with Gasteiger partial charge in [-0.25, -0.2) is 9.97 Å². The zero-order valence-electron chi connectivity index (χ0n) is 12.4. The zero-order valence-corrected chi connectivity index (χ0v) is 12.4. The van der Waals surface area contributed by atoms with Gasteiger partial charge in [0.05, 0.1) is 24.6 Å². The van der Waals surface area contributed by atoms with Crippen LogP contribution >= 0.6 is 0 Å². The second kappa shape index (κ2) is 5.38. The Morgan fingerprint density at radius 3 is 2.59 bits per heavy atom. The van der Waals surface area contributed by atoms with Crippen LogP contribution < -0.4 is 4.90 Å². The summed E-state index contributed by atoms with van der Waals surface area (Å²) < 4.78 is 7.51. The first kappa shape index (κ1) is 13.2. The standard InChI is InChI=1S/C16H17N5O/c1-12-10-21-11-14(13-2-4-17-5-3-13)19-16(15(21)18-12)20-6-8-22-9-7-20/h2-5,10-11H,6-9H2,1H3. The number of imidazole rings is 1. The number of morpholine rings is 1. The van der Waals surface area contributed by atoms with Crippen molar-refractivity contribution in [1.29, 1.82) is 0 Å². The highest BCUT2D eigenvalue weighted by atomic mass is 16.5. The Labute approximate surface area is 128 Å². The molecule has 112 valence electrons. The van der Waals surface area contributed by atoms with Crippen LogP contribution in [0.15, 0.2) is 36.9 Å². The Morgan fingerprint density at radius 1 is 1.05 bits per heavy atom. The van der Waals surface area contributed by atoms with E-state index in [9.17, 15) is 0 Å². The maximum atomic E-state index is 5.45. The number of nitrogens with zero attached hydrogens (tertiary/aromatic N) is 5. The molecule has 0 aliphatic carbocycles. The monoisotopic (exact) mass is 295 g/mol. The summed E-state index contributed by atoms with van der Waals surface area (Å²) >= 11 is 0. The molecule has 0 N–H and O–H groups in total. The number of rotatable bonds is 2. The van der Waals surface area contributed by atoms with Gasteiger partial charge in [-0.05, 0) is 19.1 Å². The number of ether oxygens (including phenoxy) is 1. The number of hydrogen-bond donors (Lipinski definition) is 0. The molecular weight excluding hydrogens is 278 g/mol. The van der Waals surface area contributed by atoms with Gasteiger partial charge in [0.25, 0.3) is 0 Å². The first-order valence-corrected chi connectivity index (χ1v) is 7.41. The summed E-state index contributed by atoms with van der Waals surface area (Å²) in [5.41, 5.74) is 3.87. The van der Waals surface area contributed by atoms with Crippen LogP contribution in [0, 0.1) is 6.92 Å². The van der Waals surface area contributed by atoms with Crippen molar-refractivity contribution < 1.29 is 4.74 Å². The van der Waals surface area contributed by atoms with Gasteiger partial charge in [-0.2, -0.15) is 0 Å². The van der Waals surface area contributed by atoms with Crippen LogP contribution in [0.25, 0.3) is 16.9 Å². The van der Waals surface area contributed by atoms with Crippen molar-refractivity contribution in [3.8, 4) is 11.3 Å². The summed E-state index contributed by atoms with van der Waals surface area (Å²) in [5.74, 6) is 0.922. The average molecular weight is 295 g/mol. The maximum absolute atomic E-state index is 5.45. The SMILES string of the molecule is Cc1cn2cc(-c3ccncc3)nc(N3CCOCC3)c2n1. The predicted molar refractivity (Wildman–Crippen MR) is 84.0 cm³/mol. The van der Waals surface area contributed by atoms with Gasteiger partial charge < -0.3 is 14.0 Å². The molecule has 6 heteroatoms. The van der Waals surface area contributed by atoms with Crippen molar-refractivity contribution >= 4 is 11.5 Å². The molecule has 0 spiro atoms. The molecule has 3 aromatic rings. The fourth-order valence-electron chi connectivity index (χ4n) is 2.75. The Morgan fingerprint density at radius 2 is 1.82 bits per heavy atom. The zero-order chi connectivity index (χ0) is 14.9. The molecule has 1 aliphatic rings. The van der Waals surface area contributed by atoms with Gasteiger partial charge in [-0.1, -0.05) is 0 Å². The van der Waals surface area contributed by atoms with Crippen molar-refractivity contribution in [3.05, 3.63) is 42.6 Å². The van der Waals surface area contributed by atoms with E-state index >= 15 is 0 Å². The van der Waals surface area contributed by atoms with Gasteiger partial charge in [0.15, 0.2) is 11.5 Å². The Kier molecular flexibility index (Phi) is 3.23. The third-order valence-electron chi connectivity index (χ3n) is 3.83. The molecular formula is C16H17N5O. The lowest BCUT2D eigenvalue weighted by Crippen LogP contribution is -2.37. The smallest absolute Gasteiger partial charge is 0.180 e. The lowest BCUT2D eigenvalue weighted by molar-refractivity contribution is 0.122. The molecule has 3 aromatic heterocycles. The average Bonchev–Trinajstić information content (AvgIpc) is 2.95. The fraction of sp³-hybridized carbons (Fsp3) is 0.312. The number of pyridine rings is 1. The van der Waals surface area contributed by atoms with Gasteiger partial charge >= 0.3 is 0 Å². The maximum Gasteiger partial charge on any atom is 0.180 e. The molecule has 0 bridgehead atoms. The van der Waals surface area contributed by atoms with Gasteiger partial charge in [0.2, 0.25) is 0 Å². The summed E-state index contributed by atoms with van der Waals surface area (Å²) in [6.45, 7) is 5.14. The molecule has 1 fully saturated rings. The number of hydrogen-bond acceptors (Lipinski definition) is 5. The van der Waals surface area contributed by atoms with Gasteiger partial charge in [-0.15, -0.1) is 0 Å². The molecule has 0 amide bonds. The van der Waals surface area contributed by atoms with Crippen LogP contribution in [-0.2, 0) is 4.74 Å². The first-order chi connectivity index (χ1) is 10.8. The van der Waals surface area contributed by atoms with Crippen molar-refractivity contribution in [3.63, 3.8) is 0 Å². The number of aromatic nitrogens is 4. The summed E-state index contributed by atoms with van der Waals surface area (Å²) in [7, 11) is 0. The van der Waals surface area contributed by atoms with E-state index in [0.717, 1.165) is 54.7 Å². The second-order valence-corrected chi connectivity index (χ2v) is 5.40. The topological polar surface area (TPSA) is 55.5 Å². The fourth-order valence-corrected chi connectivity index (χ4v) is 2.75. The molecule has 4 rings (SSSR count). The van der Waals surface area contributed by atoms with Crippen LogP contribution in [0.3, 0.4) is 0 Å². The van der Waals surface area contributed by atoms with E-state index in [0.29, 0.717) is 0 Å². The summed E-state index contributed by atoms with van der Waals surface area (Å²) in [6.07, 6.45) is 7.63. The van der Waals surface area contributed by atoms with E-state index in [2.05, 4.69) is 19.3 Å². The molecule has 0 aromatic carbocycles. The molecule has 4 heterocycles. The Balaban J connectivity index is 1.89. The lowest BCUT2D eigenvalue weighted by atomic mass is 10.2. The van der Waals surface area contributed by atoms with E-state index < -0.39 is 0 Å². The number of aryl methyl sites for hydroxylation is 1.